The molecule has 0 aliphatic carbocycles. The van der Waals surface area contributed by atoms with Crippen molar-refractivity contribution < 1.29 is 14.2 Å². The van der Waals surface area contributed by atoms with E-state index in [2.05, 4.69) is 36.1 Å². The monoisotopic (exact) mass is 261 g/mol. The minimum absolute atomic E-state index is 0.151. The Hall–Kier alpha value is -0.940. The van der Waals surface area contributed by atoms with Crippen LogP contribution in [0.25, 0.3) is 0 Å². The summed E-state index contributed by atoms with van der Waals surface area (Å²) in [7, 11) is 0. The molecule has 0 amide bonds. The Bertz CT molecular complexity index is 486. The van der Waals surface area contributed by atoms with Crippen LogP contribution in [0.2, 0.25) is 0 Å². The Morgan fingerprint density at radius 2 is 2.05 bits per heavy atom. The van der Waals surface area contributed by atoms with Gasteiger partial charge in [0.15, 0.2) is 11.9 Å². The standard InChI is InChI=1S/C15H19NO3/c1-2-16-9-13-11-5-3-4-6-12(11)15(10-16,19-13)14-17-7-8-18-14/h3-6,13-14H,2,7-10H2,1H3. The fourth-order valence-corrected chi connectivity index (χ4v) is 3.56. The number of hydrogen-bond donors (Lipinski definition) is 0. The van der Waals surface area contributed by atoms with Gasteiger partial charge in [0.05, 0.1) is 19.3 Å². The van der Waals surface area contributed by atoms with Crippen LogP contribution in [-0.4, -0.2) is 44.0 Å². The number of nitrogens with zero attached hydrogens (tertiary/aromatic N) is 1. The van der Waals surface area contributed by atoms with Crippen LogP contribution < -0.4 is 0 Å². The molecule has 0 aromatic heterocycles. The maximum absolute atomic E-state index is 6.38. The van der Waals surface area contributed by atoms with E-state index in [-0.39, 0.29) is 12.4 Å². The first kappa shape index (κ1) is 11.9. The van der Waals surface area contributed by atoms with E-state index >= 15 is 0 Å². The van der Waals surface area contributed by atoms with E-state index in [9.17, 15) is 0 Å². The van der Waals surface area contributed by atoms with Crippen molar-refractivity contribution >= 4 is 0 Å². The normalized spacial score (nSPS) is 34.7. The number of benzene rings is 1. The molecular formula is C15H19NO3. The number of morpholine rings is 1. The van der Waals surface area contributed by atoms with Crippen LogP contribution in [0.5, 0.6) is 0 Å². The Kier molecular flexibility index (Phi) is 2.67. The summed E-state index contributed by atoms with van der Waals surface area (Å²) in [5, 5.41) is 0. The minimum atomic E-state index is -0.438. The predicted octanol–water partition coefficient (Wildman–Crippen LogP) is 1.66. The molecule has 4 rings (SSSR count). The third-order valence-electron chi connectivity index (χ3n) is 4.45. The van der Waals surface area contributed by atoms with E-state index in [4.69, 9.17) is 14.2 Å². The lowest BCUT2D eigenvalue weighted by molar-refractivity contribution is -0.248. The first-order chi connectivity index (χ1) is 9.33. The van der Waals surface area contributed by atoms with Crippen molar-refractivity contribution in [2.75, 3.05) is 32.8 Å². The molecule has 0 radical (unpaired) electrons. The second-order valence-electron chi connectivity index (χ2n) is 5.48. The zero-order valence-electron chi connectivity index (χ0n) is 11.2. The Morgan fingerprint density at radius 1 is 1.26 bits per heavy atom. The molecule has 0 saturated carbocycles. The van der Waals surface area contributed by atoms with Gasteiger partial charge in [-0.3, -0.25) is 4.90 Å². The van der Waals surface area contributed by atoms with Crippen molar-refractivity contribution in [2.45, 2.75) is 24.9 Å². The van der Waals surface area contributed by atoms with Crippen molar-refractivity contribution in [3.8, 4) is 0 Å². The van der Waals surface area contributed by atoms with E-state index in [1.165, 1.54) is 11.1 Å². The molecule has 0 spiro atoms. The summed E-state index contributed by atoms with van der Waals surface area (Å²) in [6.45, 7) is 6.36. The summed E-state index contributed by atoms with van der Waals surface area (Å²) in [4.78, 5) is 2.43. The molecule has 4 nitrogen and oxygen atoms in total. The van der Waals surface area contributed by atoms with E-state index in [0.717, 1.165) is 19.6 Å². The quantitative estimate of drug-likeness (QED) is 0.810. The third kappa shape index (κ3) is 1.61. The van der Waals surface area contributed by atoms with E-state index in [1.807, 2.05) is 0 Å². The lowest BCUT2D eigenvalue weighted by Crippen LogP contribution is -2.53. The van der Waals surface area contributed by atoms with Gasteiger partial charge in [-0.05, 0) is 17.7 Å². The molecule has 2 saturated heterocycles. The van der Waals surface area contributed by atoms with Gasteiger partial charge < -0.3 is 14.2 Å². The lowest BCUT2D eigenvalue weighted by Gasteiger charge is -2.42. The summed E-state index contributed by atoms with van der Waals surface area (Å²) in [6, 6.07) is 8.51. The zero-order chi connectivity index (χ0) is 12.9. The molecule has 1 aromatic carbocycles. The highest BCUT2D eigenvalue weighted by Crippen LogP contribution is 2.50. The number of ether oxygens (including phenoxy) is 3. The highest BCUT2D eigenvalue weighted by Gasteiger charge is 2.56. The first-order valence-corrected chi connectivity index (χ1v) is 7.06. The fourth-order valence-electron chi connectivity index (χ4n) is 3.56. The van der Waals surface area contributed by atoms with Crippen molar-refractivity contribution in [1.82, 2.24) is 4.90 Å². The van der Waals surface area contributed by atoms with Crippen LogP contribution in [-0.2, 0) is 19.8 Å². The van der Waals surface area contributed by atoms with Gasteiger partial charge in [-0.25, -0.2) is 0 Å². The van der Waals surface area contributed by atoms with E-state index in [0.29, 0.717) is 13.2 Å². The molecule has 3 aliphatic rings. The second-order valence-corrected chi connectivity index (χ2v) is 5.48. The molecule has 2 bridgehead atoms. The number of likely N-dealkylation sites (N-methyl/N-ethyl adjacent to an activating group) is 1. The largest absolute Gasteiger partial charge is 0.354 e. The van der Waals surface area contributed by atoms with Gasteiger partial charge >= 0.3 is 0 Å². The number of fused-ring (bicyclic) bond motifs is 5. The van der Waals surface area contributed by atoms with Gasteiger partial charge in [0, 0.05) is 13.1 Å². The summed E-state index contributed by atoms with van der Waals surface area (Å²) in [5.74, 6) is 0. The van der Waals surface area contributed by atoms with E-state index in [1.54, 1.807) is 0 Å². The molecule has 3 aliphatic heterocycles. The highest BCUT2D eigenvalue weighted by molar-refractivity contribution is 5.41. The molecular weight excluding hydrogens is 242 g/mol. The summed E-state index contributed by atoms with van der Waals surface area (Å²) in [6.07, 6.45) is -0.120. The van der Waals surface area contributed by atoms with E-state index < -0.39 is 5.60 Å². The van der Waals surface area contributed by atoms with Gasteiger partial charge in [-0.2, -0.15) is 0 Å². The number of rotatable bonds is 2. The molecule has 102 valence electrons. The molecule has 2 fully saturated rings. The van der Waals surface area contributed by atoms with Crippen molar-refractivity contribution in [1.29, 1.82) is 0 Å². The maximum atomic E-state index is 6.38. The van der Waals surface area contributed by atoms with Crippen molar-refractivity contribution in [2.24, 2.45) is 0 Å². The van der Waals surface area contributed by atoms with Gasteiger partial charge in [-0.15, -0.1) is 0 Å². The van der Waals surface area contributed by atoms with Gasteiger partial charge in [0.2, 0.25) is 0 Å². The second kappa shape index (κ2) is 4.28. The topological polar surface area (TPSA) is 30.9 Å². The van der Waals surface area contributed by atoms with Crippen LogP contribution in [0.3, 0.4) is 0 Å². The van der Waals surface area contributed by atoms with Gasteiger partial charge in [-0.1, -0.05) is 31.2 Å². The van der Waals surface area contributed by atoms with Crippen molar-refractivity contribution in [3.05, 3.63) is 35.4 Å². The smallest absolute Gasteiger partial charge is 0.192 e. The number of hydrogen-bond acceptors (Lipinski definition) is 4. The summed E-state index contributed by atoms with van der Waals surface area (Å²) in [5.41, 5.74) is 2.12. The lowest BCUT2D eigenvalue weighted by atomic mass is 9.91. The van der Waals surface area contributed by atoms with Crippen molar-refractivity contribution in [3.63, 3.8) is 0 Å². The molecule has 2 unspecified atom stereocenters. The predicted molar refractivity (Wildman–Crippen MR) is 69.8 cm³/mol. The van der Waals surface area contributed by atoms with Crippen LogP contribution >= 0.6 is 0 Å². The highest BCUT2D eigenvalue weighted by atomic mass is 16.7. The molecule has 4 heteroatoms. The summed E-state index contributed by atoms with van der Waals surface area (Å²) < 4.78 is 18.0. The zero-order valence-corrected chi connectivity index (χ0v) is 11.2. The molecule has 0 N–H and O–H groups in total. The van der Waals surface area contributed by atoms with Crippen LogP contribution in [0.4, 0.5) is 0 Å². The van der Waals surface area contributed by atoms with Gasteiger partial charge in [0.25, 0.3) is 0 Å². The van der Waals surface area contributed by atoms with Crippen LogP contribution in [0.1, 0.15) is 24.2 Å². The van der Waals surface area contributed by atoms with Crippen LogP contribution in [0, 0.1) is 0 Å². The Labute approximate surface area is 113 Å². The average Bonchev–Trinajstić information content (AvgIpc) is 3.07. The molecule has 3 heterocycles. The maximum Gasteiger partial charge on any atom is 0.192 e. The summed E-state index contributed by atoms with van der Waals surface area (Å²) >= 11 is 0. The minimum Gasteiger partial charge on any atom is -0.354 e. The Balaban J connectivity index is 1.81. The molecule has 19 heavy (non-hydrogen) atoms. The van der Waals surface area contributed by atoms with Crippen LogP contribution in [0.15, 0.2) is 24.3 Å². The fraction of sp³-hybridized carbons (Fsp3) is 0.600. The first-order valence-electron chi connectivity index (χ1n) is 7.06. The Morgan fingerprint density at radius 3 is 2.84 bits per heavy atom. The average molecular weight is 261 g/mol. The molecule has 1 aromatic rings. The SMILES string of the molecule is CCN1CC2OC(C3OCCO3)(C1)c1ccccc12. The third-order valence-corrected chi connectivity index (χ3v) is 4.45. The molecule has 2 atom stereocenters. The van der Waals surface area contributed by atoms with Gasteiger partial charge in [0.1, 0.15) is 0 Å².